The average molecular weight is 226 g/mol. The van der Waals surface area contributed by atoms with Crippen molar-refractivity contribution in [3.8, 4) is 0 Å². The summed E-state index contributed by atoms with van der Waals surface area (Å²) >= 11 is 1.76. The molecule has 1 unspecified atom stereocenters. The number of β-lactam (4-membered cyclic amide) rings is 1. The summed E-state index contributed by atoms with van der Waals surface area (Å²) in [4.78, 5) is 13.4. The first-order valence-corrected chi connectivity index (χ1v) is 6.64. The lowest BCUT2D eigenvalue weighted by Gasteiger charge is -2.41. The maximum Gasteiger partial charge on any atom is 0.234 e. The number of thioether (sulfide) groups is 1. The molecule has 2 rings (SSSR count). The largest absolute Gasteiger partial charge is 0.316 e. The number of carbonyl (C=O) groups excluding carboxylic acids is 1. The zero-order valence-corrected chi connectivity index (χ0v) is 9.93. The number of rotatable bonds is 6. The van der Waals surface area contributed by atoms with Gasteiger partial charge in [-0.3, -0.25) is 4.79 Å². The molecule has 0 spiro atoms. The minimum absolute atomic E-state index is 0.201. The normalized spacial score (nSPS) is 28.1. The molecule has 0 aliphatic carbocycles. The van der Waals surface area contributed by atoms with Crippen molar-refractivity contribution in [3.05, 3.63) is 11.6 Å². The minimum Gasteiger partial charge on any atom is -0.316 e. The molecule has 0 radical (unpaired) electrons. The van der Waals surface area contributed by atoms with Gasteiger partial charge in [-0.05, 0) is 18.4 Å². The van der Waals surface area contributed by atoms with Crippen LogP contribution in [0.4, 0.5) is 0 Å². The van der Waals surface area contributed by atoms with E-state index in [9.17, 15) is 4.79 Å². The van der Waals surface area contributed by atoms with Crippen molar-refractivity contribution in [2.24, 2.45) is 5.92 Å². The van der Waals surface area contributed by atoms with Crippen LogP contribution in [0.1, 0.15) is 26.2 Å². The fourth-order valence-corrected chi connectivity index (χ4v) is 3.07. The van der Waals surface area contributed by atoms with Crippen molar-refractivity contribution in [2.75, 3.05) is 13.1 Å². The van der Waals surface area contributed by atoms with Crippen LogP contribution < -0.4 is 5.32 Å². The zero-order valence-electron chi connectivity index (χ0n) is 9.11. The molecule has 0 bridgehead atoms. The molecular formula is C11H18N2OS. The second kappa shape index (κ2) is 5.03. The SMILES string of the molecule is CCCCCNCC1C(=O)N2C=CS[C@@H]12. The summed E-state index contributed by atoms with van der Waals surface area (Å²) in [6, 6.07) is 0. The molecule has 0 aromatic rings. The number of hydrogen-bond acceptors (Lipinski definition) is 3. The Balaban J connectivity index is 1.62. The van der Waals surface area contributed by atoms with Gasteiger partial charge in [-0.1, -0.05) is 19.8 Å². The Bertz CT molecular complexity index is 267. The van der Waals surface area contributed by atoms with Crippen molar-refractivity contribution in [1.29, 1.82) is 0 Å². The highest BCUT2D eigenvalue weighted by atomic mass is 32.2. The Morgan fingerprint density at radius 1 is 1.53 bits per heavy atom. The first kappa shape index (κ1) is 11.0. The van der Waals surface area contributed by atoms with Gasteiger partial charge in [-0.25, -0.2) is 0 Å². The van der Waals surface area contributed by atoms with Gasteiger partial charge < -0.3 is 10.2 Å². The quantitative estimate of drug-likeness (QED) is 0.553. The summed E-state index contributed by atoms with van der Waals surface area (Å²) in [5, 5.41) is 5.78. The lowest BCUT2D eigenvalue weighted by Crippen LogP contribution is -2.57. The van der Waals surface area contributed by atoms with Crippen LogP contribution in [0.25, 0.3) is 0 Å². The third-order valence-corrected chi connectivity index (χ3v) is 4.06. The van der Waals surface area contributed by atoms with Crippen LogP contribution in [-0.4, -0.2) is 29.3 Å². The Hall–Kier alpha value is -0.480. The molecule has 0 aromatic carbocycles. The molecule has 1 fully saturated rings. The molecule has 15 heavy (non-hydrogen) atoms. The van der Waals surface area contributed by atoms with E-state index in [4.69, 9.17) is 0 Å². The molecule has 2 aliphatic heterocycles. The monoisotopic (exact) mass is 226 g/mol. The van der Waals surface area contributed by atoms with Gasteiger partial charge in [0.15, 0.2) is 0 Å². The van der Waals surface area contributed by atoms with Crippen LogP contribution >= 0.6 is 11.8 Å². The standard InChI is InChI=1S/C11H18N2OS/c1-2-3-4-5-12-8-9-10(14)13-6-7-15-11(9)13/h6-7,9,11-12H,2-5,8H2,1H3/t9?,11-/m0/s1. The number of fused-ring (bicyclic) bond motifs is 1. The molecule has 4 heteroatoms. The van der Waals surface area contributed by atoms with Gasteiger partial charge in [-0.2, -0.15) is 0 Å². The Labute approximate surface area is 95.3 Å². The van der Waals surface area contributed by atoms with Crippen molar-refractivity contribution in [3.63, 3.8) is 0 Å². The molecule has 2 atom stereocenters. The van der Waals surface area contributed by atoms with E-state index in [1.807, 2.05) is 16.5 Å². The van der Waals surface area contributed by atoms with Gasteiger partial charge in [0.1, 0.15) is 0 Å². The van der Waals surface area contributed by atoms with E-state index in [-0.39, 0.29) is 11.8 Å². The molecule has 0 aromatic heterocycles. The molecule has 2 heterocycles. The maximum absolute atomic E-state index is 11.6. The first-order chi connectivity index (χ1) is 7.34. The molecule has 1 saturated heterocycles. The van der Waals surface area contributed by atoms with Gasteiger partial charge in [0.05, 0.1) is 11.3 Å². The summed E-state index contributed by atoms with van der Waals surface area (Å²) in [5.74, 6) is 0.482. The van der Waals surface area contributed by atoms with Crippen molar-refractivity contribution in [2.45, 2.75) is 31.6 Å². The van der Waals surface area contributed by atoms with Crippen LogP contribution in [0.2, 0.25) is 0 Å². The molecular weight excluding hydrogens is 208 g/mol. The Kier molecular flexibility index (Phi) is 3.70. The van der Waals surface area contributed by atoms with Crippen molar-refractivity contribution >= 4 is 17.7 Å². The van der Waals surface area contributed by atoms with Crippen molar-refractivity contribution < 1.29 is 4.79 Å². The van der Waals surface area contributed by atoms with Gasteiger partial charge in [0.2, 0.25) is 5.91 Å². The number of hydrogen-bond donors (Lipinski definition) is 1. The summed E-state index contributed by atoms with van der Waals surface area (Å²) in [6.07, 6.45) is 5.64. The summed E-state index contributed by atoms with van der Waals surface area (Å²) in [7, 11) is 0. The minimum atomic E-state index is 0.201. The highest BCUT2D eigenvalue weighted by Gasteiger charge is 2.47. The summed E-state index contributed by atoms with van der Waals surface area (Å²) < 4.78 is 0. The Morgan fingerprint density at radius 2 is 2.40 bits per heavy atom. The van der Waals surface area contributed by atoms with Crippen LogP contribution in [0.3, 0.4) is 0 Å². The van der Waals surface area contributed by atoms with Gasteiger partial charge in [0.25, 0.3) is 0 Å². The number of unbranched alkanes of at least 4 members (excludes halogenated alkanes) is 2. The van der Waals surface area contributed by atoms with Crippen LogP contribution in [0.5, 0.6) is 0 Å². The average Bonchev–Trinajstić information content (AvgIpc) is 2.67. The lowest BCUT2D eigenvalue weighted by atomic mass is 9.99. The fraction of sp³-hybridized carbons (Fsp3) is 0.727. The van der Waals surface area contributed by atoms with Crippen LogP contribution in [0.15, 0.2) is 11.6 Å². The smallest absolute Gasteiger partial charge is 0.234 e. The van der Waals surface area contributed by atoms with Crippen LogP contribution in [-0.2, 0) is 4.79 Å². The number of nitrogens with one attached hydrogen (secondary N) is 1. The van der Waals surface area contributed by atoms with E-state index < -0.39 is 0 Å². The zero-order chi connectivity index (χ0) is 10.7. The van der Waals surface area contributed by atoms with Crippen LogP contribution in [0, 0.1) is 5.92 Å². The molecule has 1 amide bonds. The maximum atomic E-state index is 11.6. The van der Waals surface area contributed by atoms with E-state index >= 15 is 0 Å². The topological polar surface area (TPSA) is 32.3 Å². The van der Waals surface area contributed by atoms with E-state index in [2.05, 4.69) is 12.2 Å². The van der Waals surface area contributed by atoms with E-state index in [1.165, 1.54) is 19.3 Å². The first-order valence-electron chi connectivity index (χ1n) is 5.69. The molecule has 84 valence electrons. The summed E-state index contributed by atoms with van der Waals surface area (Å²) in [5.41, 5.74) is 0. The third kappa shape index (κ3) is 2.21. The lowest BCUT2D eigenvalue weighted by molar-refractivity contribution is -0.144. The highest BCUT2D eigenvalue weighted by molar-refractivity contribution is 8.03. The second-order valence-electron chi connectivity index (χ2n) is 4.08. The molecule has 0 saturated carbocycles. The third-order valence-electron chi connectivity index (χ3n) is 2.95. The molecule has 1 N–H and O–H groups in total. The van der Waals surface area contributed by atoms with Gasteiger partial charge in [0, 0.05) is 12.7 Å². The molecule has 2 aliphatic rings. The predicted octanol–water partition coefficient (Wildman–Crippen LogP) is 1.77. The predicted molar refractivity (Wildman–Crippen MR) is 63.2 cm³/mol. The van der Waals surface area contributed by atoms with Crippen molar-refractivity contribution in [1.82, 2.24) is 10.2 Å². The number of nitrogens with zero attached hydrogens (tertiary/aromatic N) is 1. The second-order valence-corrected chi connectivity index (χ2v) is 5.10. The molecule has 3 nitrogen and oxygen atoms in total. The van der Waals surface area contributed by atoms with E-state index in [0.717, 1.165) is 13.1 Å². The van der Waals surface area contributed by atoms with Gasteiger partial charge in [-0.15, -0.1) is 11.8 Å². The van der Waals surface area contributed by atoms with Gasteiger partial charge >= 0.3 is 0 Å². The Morgan fingerprint density at radius 3 is 3.20 bits per heavy atom. The van der Waals surface area contributed by atoms with E-state index in [0.29, 0.717) is 5.37 Å². The van der Waals surface area contributed by atoms with E-state index in [1.54, 1.807) is 11.8 Å². The fourth-order valence-electron chi connectivity index (χ4n) is 2.00. The number of amides is 1. The summed E-state index contributed by atoms with van der Waals surface area (Å²) in [6.45, 7) is 4.09. The highest BCUT2D eigenvalue weighted by Crippen LogP contribution is 2.40. The number of carbonyl (C=O) groups is 1.